The fourth-order valence-electron chi connectivity index (χ4n) is 4.52. The number of hydrogen-bond donors (Lipinski definition) is 1. The number of rotatable bonds is 15. The highest BCUT2D eigenvalue weighted by molar-refractivity contribution is 5.76. The maximum Gasteiger partial charge on any atom is 0.514 e. The van der Waals surface area contributed by atoms with Gasteiger partial charge in [-0.2, -0.15) is 0 Å². The smallest absolute Gasteiger partial charge is 0.461 e. The SMILES string of the molecule is CCCC(C)OC(=O)Oc1ccc(C[C@H](N)C(=O)OC[C@H](C)OC(=O)OC2CCCCC2)cc1OC(=O)OC(C)CCC. The first-order valence-corrected chi connectivity index (χ1v) is 15.2. The predicted octanol–water partition coefficient (Wildman–Crippen LogP) is 6.38. The summed E-state index contributed by atoms with van der Waals surface area (Å²) in [5, 5.41) is 0. The van der Waals surface area contributed by atoms with E-state index in [1.165, 1.54) is 12.1 Å². The van der Waals surface area contributed by atoms with E-state index in [4.69, 9.17) is 38.9 Å². The Kier molecular flexibility index (Phi) is 15.7. The van der Waals surface area contributed by atoms with Crippen LogP contribution in [0.25, 0.3) is 0 Å². The molecule has 1 fully saturated rings. The molecule has 1 aliphatic carbocycles. The summed E-state index contributed by atoms with van der Waals surface area (Å²) in [6.45, 7) is 8.78. The van der Waals surface area contributed by atoms with Gasteiger partial charge in [0.1, 0.15) is 37.1 Å². The van der Waals surface area contributed by atoms with Gasteiger partial charge in [-0.1, -0.05) is 39.2 Å². The second-order valence-electron chi connectivity index (χ2n) is 10.9. The van der Waals surface area contributed by atoms with Crippen molar-refractivity contribution in [3.63, 3.8) is 0 Å². The highest BCUT2D eigenvalue weighted by Crippen LogP contribution is 2.30. The molecule has 1 saturated carbocycles. The normalized spacial score (nSPS) is 16.1. The Balaban J connectivity index is 1.98. The maximum absolute atomic E-state index is 12.6. The molecule has 0 bridgehead atoms. The van der Waals surface area contributed by atoms with E-state index in [0.717, 1.165) is 44.9 Å². The van der Waals surface area contributed by atoms with E-state index < -0.39 is 36.6 Å². The molecular formula is C31H47NO11. The van der Waals surface area contributed by atoms with Gasteiger partial charge >= 0.3 is 24.4 Å². The van der Waals surface area contributed by atoms with Crippen LogP contribution in [0.3, 0.4) is 0 Å². The summed E-state index contributed by atoms with van der Waals surface area (Å²) in [6.07, 6.45) is 3.38. The van der Waals surface area contributed by atoms with Gasteiger partial charge in [-0.15, -0.1) is 0 Å². The monoisotopic (exact) mass is 609 g/mol. The van der Waals surface area contributed by atoms with Crippen LogP contribution in [0, 0.1) is 0 Å². The molecule has 0 radical (unpaired) electrons. The molecule has 0 aromatic heterocycles. The molecule has 1 aliphatic rings. The van der Waals surface area contributed by atoms with Gasteiger partial charge in [0.2, 0.25) is 0 Å². The van der Waals surface area contributed by atoms with Crippen LogP contribution in [0.15, 0.2) is 18.2 Å². The van der Waals surface area contributed by atoms with E-state index in [9.17, 15) is 19.2 Å². The van der Waals surface area contributed by atoms with Crippen LogP contribution in [-0.2, 0) is 34.9 Å². The molecular weight excluding hydrogens is 562 g/mol. The van der Waals surface area contributed by atoms with Crippen molar-refractivity contribution in [3.05, 3.63) is 23.8 Å². The lowest BCUT2D eigenvalue weighted by Gasteiger charge is -2.22. The number of esters is 1. The van der Waals surface area contributed by atoms with Crippen molar-refractivity contribution in [2.24, 2.45) is 5.73 Å². The maximum atomic E-state index is 12.6. The van der Waals surface area contributed by atoms with Crippen LogP contribution in [-0.4, -0.2) is 61.5 Å². The van der Waals surface area contributed by atoms with Crippen molar-refractivity contribution in [3.8, 4) is 11.5 Å². The second kappa shape index (κ2) is 18.9. The summed E-state index contributed by atoms with van der Waals surface area (Å²) in [5.41, 5.74) is 6.56. The van der Waals surface area contributed by atoms with Gasteiger partial charge < -0.3 is 38.9 Å². The van der Waals surface area contributed by atoms with Crippen molar-refractivity contribution < 1.29 is 52.3 Å². The number of benzene rings is 1. The minimum Gasteiger partial charge on any atom is -0.461 e. The van der Waals surface area contributed by atoms with Gasteiger partial charge in [-0.05, 0) is 83.4 Å². The van der Waals surface area contributed by atoms with Crippen LogP contribution >= 0.6 is 0 Å². The van der Waals surface area contributed by atoms with Gasteiger partial charge in [-0.3, -0.25) is 4.79 Å². The lowest BCUT2D eigenvalue weighted by molar-refractivity contribution is -0.148. The first-order chi connectivity index (χ1) is 20.5. The van der Waals surface area contributed by atoms with Crippen LogP contribution in [0.5, 0.6) is 11.5 Å². The van der Waals surface area contributed by atoms with Crippen molar-refractivity contribution in [1.82, 2.24) is 0 Å². The van der Waals surface area contributed by atoms with Crippen LogP contribution < -0.4 is 15.2 Å². The molecule has 2 unspecified atom stereocenters. The van der Waals surface area contributed by atoms with Crippen LogP contribution in [0.4, 0.5) is 14.4 Å². The van der Waals surface area contributed by atoms with Gasteiger partial charge in [0, 0.05) is 0 Å². The molecule has 242 valence electrons. The summed E-state index contributed by atoms with van der Waals surface area (Å²) in [7, 11) is 0. The fraction of sp³-hybridized carbons (Fsp3) is 0.677. The third-order valence-corrected chi connectivity index (χ3v) is 6.71. The van der Waals surface area contributed by atoms with Gasteiger partial charge in [0.05, 0.1) is 0 Å². The second-order valence-corrected chi connectivity index (χ2v) is 10.9. The van der Waals surface area contributed by atoms with Gasteiger partial charge in [-0.25, -0.2) is 14.4 Å². The molecule has 1 aromatic rings. The van der Waals surface area contributed by atoms with Crippen molar-refractivity contribution >= 4 is 24.4 Å². The van der Waals surface area contributed by atoms with Crippen molar-refractivity contribution in [1.29, 1.82) is 0 Å². The highest BCUT2D eigenvalue weighted by Gasteiger charge is 2.24. The van der Waals surface area contributed by atoms with E-state index in [1.807, 2.05) is 13.8 Å². The predicted molar refractivity (Wildman–Crippen MR) is 156 cm³/mol. The Morgan fingerprint density at radius 2 is 1.35 bits per heavy atom. The molecule has 2 N–H and O–H groups in total. The van der Waals surface area contributed by atoms with E-state index in [-0.39, 0.29) is 42.8 Å². The number of carbonyl (C=O) groups excluding carboxylic acids is 4. The molecule has 0 aliphatic heterocycles. The molecule has 0 heterocycles. The number of ether oxygens (including phenoxy) is 7. The first-order valence-electron chi connectivity index (χ1n) is 15.2. The third-order valence-electron chi connectivity index (χ3n) is 6.71. The fourth-order valence-corrected chi connectivity index (χ4v) is 4.52. The zero-order valence-corrected chi connectivity index (χ0v) is 26.0. The van der Waals surface area contributed by atoms with Crippen molar-refractivity contribution in [2.45, 2.75) is 129 Å². The average Bonchev–Trinajstić information content (AvgIpc) is 2.93. The topological polar surface area (TPSA) is 159 Å². The Morgan fingerprint density at radius 1 is 0.791 bits per heavy atom. The van der Waals surface area contributed by atoms with Crippen LogP contribution in [0.1, 0.15) is 98.0 Å². The molecule has 4 atom stereocenters. The Bertz CT molecular complexity index is 1040. The lowest BCUT2D eigenvalue weighted by atomic mass is 9.98. The zero-order chi connectivity index (χ0) is 31.8. The van der Waals surface area contributed by atoms with E-state index in [1.54, 1.807) is 26.8 Å². The minimum atomic E-state index is -1.09. The molecule has 0 saturated heterocycles. The molecule has 1 aromatic carbocycles. The molecule has 12 nitrogen and oxygen atoms in total. The average molecular weight is 610 g/mol. The lowest BCUT2D eigenvalue weighted by Crippen LogP contribution is -2.36. The first kappa shape index (κ1) is 35.7. The van der Waals surface area contributed by atoms with Gasteiger partial charge in [0.25, 0.3) is 0 Å². The molecule has 12 heteroatoms. The number of carbonyl (C=O) groups is 4. The molecule has 43 heavy (non-hydrogen) atoms. The third kappa shape index (κ3) is 14.0. The van der Waals surface area contributed by atoms with Crippen molar-refractivity contribution in [2.75, 3.05) is 6.61 Å². The summed E-state index contributed by atoms with van der Waals surface area (Å²) in [5.74, 6) is -0.898. The quantitative estimate of drug-likeness (QED) is 0.133. The van der Waals surface area contributed by atoms with E-state index in [0.29, 0.717) is 18.4 Å². The number of nitrogens with two attached hydrogens (primary N) is 1. The van der Waals surface area contributed by atoms with E-state index in [2.05, 4.69) is 0 Å². The number of hydrogen-bond acceptors (Lipinski definition) is 12. The standard InChI is InChI=1S/C31H47NO11/c1-6-11-20(3)38-30(35)42-26-16-15-23(18-27(26)43-31(36)39-21(4)12-7-2)17-25(32)28(33)37-19-22(5)40-29(34)41-24-13-9-8-10-14-24/h15-16,18,20-22,24-25H,6-14,17,19,32H2,1-5H3/t20?,21?,22-,25-/m0/s1. The van der Waals surface area contributed by atoms with Gasteiger partial charge in [0.15, 0.2) is 11.5 Å². The Labute approximate surface area is 253 Å². The van der Waals surface area contributed by atoms with Crippen LogP contribution in [0.2, 0.25) is 0 Å². The molecule has 2 rings (SSSR count). The summed E-state index contributed by atoms with van der Waals surface area (Å²) in [4.78, 5) is 49.3. The largest absolute Gasteiger partial charge is 0.514 e. The summed E-state index contributed by atoms with van der Waals surface area (Å²) < 4.78 is 36.9. The zero-order valence-electron chi connectivity index (χ0n) is 26.0. The minimum absolute atomic E-state index is 0.00764. The molecule has 0 amide bonds. The highest BCUT2D eigenvalue weighted by atomic mass is 16.8. The Hall–Kier alpha value is -3.54. The van der Waals surface area contributed by atoms with E-state index >= 15 is 0 Å². The summed E-state index contributed by atoms with van der Waals surface area (Å²) >= 11 is 0. The summed E-state index contributed by atoms with van der Waals surface area (Å²) in [6, 6.07) is 3.31. The Morgan fingerprint density at radius 3 is 1.93 bits per heavy atom. The molecule has 0 spiro atoms.